The van der Waals surface area contributed by atoms with Crippen LogP contribution < -0.4 is 15.4 Å². The second-order valence-corrected chi connectivity index (χ2v) is 6.28. The molecule has 2 aromatic rings. The minimum Gasteiger partial charge on any atom is -0.494 e. The lowest BCUT2D eigenvalue weighted by Crippen LogP contribution is -2.39. The summed E-state index contributed by atoms with van der Waals surface area (Å²) in [6, 6.07) is 19.4. The number of aliphatic imine (C=N–C) groups is 1. The Morgan fingerprint density at radius 3 is 2.30 bits per heavy atom. The number of benzene rings is 2. The van der Waals surface area contributed by atoms with E-state index in [-0.39, 0.29) is 30.5 Å². The van der Waals surface area contributed by atoms with Gasteiger partial charge in [0.2, 0.25) is 0 Å². The molecule has 0 aromatic heterocycles. The van der Waals surface area contributed by atoms with Gasteiger partial charge in [-0.1, -0.05) is 48.5 Å². The number of hydrogen-bond acceptors (Lipinski definition) is 3. The molecule has 5 nitrogen and oxygen atoms in total. The molecule has 1 atom stereocenters. The number of guanidine groups is 1. The summed E-state index contributed by atoms with van der Waals surface area (Å²) in [5.41, 5.74) is -0.143. The van der Waals surface area contributed by atoms with Crippen LogP contribution in [0.4, 0.5) is 0 Å². The van der Waals surface area contributed by atoms with Crippen LogP contribution in [0.5, 0.6) is 5.75 Å². The van der Waals surface area contributed by atoms with E-state index < -0.39 is 5.60 Å². The first-order chi connectivity index (χ1) is 12.6. The van der Waals surface area contributed by atoms with E-state index in [1.54, 1.807) is 6.92 Å². The van der Waals surface area contributed by atoms with Crippen LogP contribution in [0.15, 0.2) is 65.7 Å². The lowest BCUT2D eigenvalue weighted by Gasteiger charge is -2.22. The van der Waals surface area contributed by atoms with Crippen molar-refractivity contribution in [2.45, 2.75) is 25.9 Å². The van der Waals surface area contributed by atoms with E-state index in [1.807, 2.05) is 67.6 Å². The van der Waals surface area contributed by atoms with Gasteiger partial charge < -0.3 is 20.5 Å². The molecule has 0 bridgehead atoms. The molecular formula is C21H30IN3O2. The Morgan fingerprint density at radius 1 is 1.04 bits per heavy atom. The average Bonchev–Trinajstić information content (AvgIpc) is 2.67. The predicted octanol–water partition coefficient (Wildman–Crippen LogP) is 3.54. The molecule has 0 spiro atoms. The summed E-state index contributed by atoms with van der Waals surface area (Å²) < 4.78 is 5.68. The SMILES string of the molecule is CCNC(=NCC(C)(O)c1ccccc1)NCCCOc1ccccc1.I. The molecule has 2 rings (SSSR count). The third-order valence-corrected chi connectivity index (χ3v) is 3.91. The maximum absolute atomic E-state index is 10.7. The van der Waals surface area contributed by atoms with Crippen LogP contribution in [-0.2, 0) is 5.60 Å². The lowest BCUT2D eigenvalue weighted by atomic mass is 9.96. The minimum absolute atomic E-state index is 0. The number of halogens is 1. The highest BCUT2D eigenvalue weighted by Gasteiger charge is 2.22. The molecular weight excluding hydrogens is 453 g/mol. The minimum atomic E-state index is -1.000. The molecule has 6 heteroatoms. The maximum atomic E-state index is 10.7. The summed E-state index contributed by atoms with van der Waals surface area (Å²) in [6.07, 6.45) is 0.856. The van der Waals surface area contributed by atoms with Gasteiger partial charge in [-0.15, -0.1) is 24.0 Å². The van der Waals surface area contributed by atoms with Crippen LogP contribution >= 0.6 is 24.0 Å². The Bertz CT molecular complexity index is 664. The number of nitrogens with one attached hydrogen (secondary N) is 2. The summed E-state index contributed by atoms with van der Waals surface area (Å²) in [5, 5.41) is 17.1. The summed E-state index contributed by atoms with van der Waals surface area (Å²) in [5.74, 6) is 1.58. The van der Waals surface area contributed by atoms with Gasteiger partial charge in [-0.25, -0.2) is 4.99 Å². The van der Waals surface area contributed by atoms with Gasteiger partial charge >= 0.3 is 0 Å². The first-order valence-corrected chi connectivity index (χ1v) is 9.10. The topological polar surface area (TPSA) is 65.9 Å². The van der Waals surface area contributed by atoms with Gasteiger partial charge in [-0.05, 0) is 38.0 Å². The Morgan fingerprint density at radius 2 is 1.67 bits per heavy atom. The quantitative estimate of drug-likeness (QED) is 0.221. The molecule has 148 valence electrons. The van der Waals surface area contributed by atoms with Gasteiger partial charge in [0.25, 0.3) is 0 Å². The van der Waals surface area contributed by atoms with Crippen molar-refractivity contribution in [1.29, 1.82) is 0 Å². The van der Waals surface area contributed by atoms with Gasteiger partial charge in [0, 0.05) is 13.1 Å². The Kier molecular flexibility index (Phi) is 10.8. The fraction of sp³-hybridized carbons (Fsp3) is 0.381. The van der Waals surface area contributed by atoms with E-state index in [9.17, 15) is 5.11 Å². The van der Waals surface area contributed by atoms with Crippen LogP contribution in [0.1, 0.15) is 25.8 Å². The monoisotopic (exact) mass is 483 g/mol. The Labute approximate surface area is 179 Å². The second-order valence-electron chi connectivity index (χ2n) is 6.28. The number of nitrogens with zero attached hydrogens (tertiary/aromatic N) is 1. The highest BCUT2D eigenvalue weighted by atomic mass is 127. The number of rotatable bonds is 9. The van der Waals surface area contributed by atoms with E-state index in [0.717, 1.165) is 30.8 Å². The molecule has 0 heterocycles. The van der Waals surface area contributed by atoms with Gasteiger partial charge in [0.15, 0.2) is 5.96 Å². The maximum Gasteiger partial charge on any atom is 0.191 e. The third-order valence-electron chi connectivity index (χ3n) is 3.91. The molecule has 0 aliphatic heterocycles. The van der Waals surface area contributed by atoms with Crippen molar-refractivity contribution in [3.8, 4) is 5.75 Å². The Hall–Kier alpha value is -1.80. The van der Waals surface area contributed by atoms with Crippen molar-refractivity contribution in [2.24, 2.45) is 4.99 Å². The molecule has 2 aromatic carbocycles. The van der Waals surface area contributed by atoms with Crippen molar-refractivity contribution in [1.82, 2.24) is 10.6 Å². The molecule has 0 saturated heterocycles. The van der Waals surface area contributed by atoms with E-state index in [1.165, 1.54) is 0 Å². The fourth-order valence-electron chi connectivity index (χ4n) is 2.45. The van der Waals surface area contributed by atoms with Gasteiger partial charge in [-0.3, -0.25) is 0 Å². The van der Waals surface area contributed by atoms with Crippen LogP contribution in [0.2, 0.25) is 0 Å². The first kappa shape index (κ1) is 23.2. The van der Waals surface area contributed by atoms with Crippen LogP contribution in [0.25, 0.3) is 0 Å². The fourth-order valence-corrected chi connectivity index (χ4v) is 2.45. The smallest absolute Gasteiger partial charge is 0.191 e. The van der Waals surface area contributed by atoms with Gasteiger partial charge in [0.1, 0.15) is 11.4 Å². The molecule has 0 radical (unpaired) electrons. The standard InChI is InChI=1S/C21H29N3O2.HI/c1-3-22-20(23-15-10-16-26-19-13-8-5-9-14-19)24-17-21(2,25)18-11-6-4-7-12-18;/h4-9,11-14,25H,3,10,15-17H2,1-2H3,(H2,22,23,24);1H. The third kappa shape index (κ3) is 8.62. The van der Waals surface area contributed by atoms with E-state index >= 15 is 0 Å². The summed E-state index contributed by atoms with van der Waals surface area (Å²) in [4.78, 5) is 4.52. The normalized spacial score (nSPS) is 13.2. The number of hydrogen-bond donors (Lipinski definition) is 3. The van der Waals surface area contributed by atoms with E-state index in [4.69, 9.17) is 4.74 Å². The second kappa shape index (κ2) is 12.6. The van der Waals surface area contributed by atoms with Crippen LogP contribution in [0, 0.1) is 0 Å². The molecule has 1 unspecified atom stereocenters. The molecule has 0 aliphatic rings. The number of ether oxygens (including phenoxy) is 1. The largest absolute Gasteiger partial charge is 0.494 e. The zero-order chi connectivity index (χ0) is 18.7. The van der Waals surface area contributed by atoms with E-state index in [0.29, 0.717) is 12.6 Å². The van der Waals surface area contributed by atoms with Gasteiger partial charge in [-0.2, -0.15) is 0 Å². The first-order valence-electron chi connectivity index (χ1n) is 9.10. The molecule has 3 N–H and O–H groups in total. The number of para-hydroxylation sites is 1. The molecule has 0 fully saturated rings. The highest BCUT2D eigenvalue weighted by Crippen LogP contribution is 2.20. The highest BCUT2D eigenvalue weighted by molar-refractivity contribution is 14.0. The van der Waals surface area contributed by atoms with Crippen molar-refractivity contribution in [3.63, 3.8) is 0 Å². The van der Waals surface area contributed by atoms with Crippen LogP contribution in [-0.4, -0.2) is 37.3 Å². The zero-order valence-electron chi connectivity index (χ0n) is 16.0. The van der Waals surface area contributed by atoms with Crippen molar-refractivity contribution in [3.05, 3.63) is 66.2 Å². The molecule has 27 heavy (non-hydrogen) atoms. The molecule has 0 saturated carbocycles. The predicted molar refractivity (Wildman–Crippen MR) is 122 cm³/mol. The van der Waals surface area contributed by atoms with Gasteiger partial charge in [0.05, 0.1) is 13.2 Å². The summed E-state index contributed by atoms with van der Waals surface area (Å²) in [6.45, 7) is 6.23. The summed E-state index contributed by atoms with van der Waals surface area (Å²) in [7, 11) is 0. The van der Waals surface area contributed by atoms with Crippen molar-refractivity contribution >= 4 is 29.9 Å². The summed E-state index contributed by atoms with van der Waals surface area (Å²) >= 11 is 0. The Balaban J connectivity index is 0.00000364. The zero-order valence-corrected chi connectivity index (χ0v) is 18.4. The number of aliphatic hydroxyl groups is 1. The van der Waals surface area contributed by atoms with Crippen molar-refractivity contribution < 1.29 is 9.84 Å². The van der Waals surface area contributed by atoms with E-state index in [2.05, 4.69) is 15.6 Å². The lowest BCUT2D eigenvalue weighted by molar-refractivity contribution is 0.0672. The average molecular weight is 483 g/mol. The van der Waals surface area contributed by atoms with Crippen LogP contribution in [0.3, 0.4) is 0 Å². The molecule has 0 aliphatic carbocycles. The molecule has 0 amide bonds. The van der Waals surface area contributed by atoms with Crippen molar-refractivity contribution in [2.75, 3.05) is 26.2 Å².